The smallest absolute Gasteiger partial charge is 0.299 e. The fraction of sp³-hybridized carbons (Fsp3) is 0.462. The number of oxazole rings is 1. The highest BCUT2D eigenvalue weighted by molar-refractivity contribution is 6.04. The molecule has 4 saturated heterocycles. The summed E-state index contributed by atoms with van der Waals surface area (Å²) in [6, 6.07) is 16.9. The van der Waals surface area contributed by atoms with E-state index in [-0.39, 0.29) is 18.1 Å². The molecular weight excluding hydrogens is 414 g/mol. The van der Waals surface area contributed by atoms with Crippen molar-refractivity contribution in [3.63, 3.8) is 0 Å². The van der Waals surface area contributed by atoms with Crippen molar-refractivity contribution in [2.75, 3.05) is 44.7 Å². The Labute approximate surface area is 194 Å². The predicted molar refractivity (Wildman–Crippen MR) is 128 cm³/mol. The van der Waals surface area contributed by atoms with Crippen molar-refractivity contribution in [3.8, 4) is 0 Å². The summed E-state index contributed by atoms with van der Waals surface area (Å²) in [5.41, 5.74) is 3.14. The van der Waals surface area contributed by atoms with Crippen LogP contribution in [-0.4, -0.2) is 66.6 Å². The van der Waals surface area contributed by atoms with Crippen LogP contribution in [0.4, 0.5) is 6.01 Å². The molecule has 0 radical (unpaired) electrons. The van der Waals surface area contributed by atoms with Crippen LogP contribution in [0.3, 0.4) is 0 Å². The summed E-state index contributed by atoms with van der Waals surface area (Å²) in [6.45, 7) is 4.82. The van der Waals surface area contributed by atoms with E-state index in [1.54, 1.807) is 0 Å². The van der Waals surface area contributed by atoms with Gasteiger partial charge >= 0.3 is 0 Å². The van der Waals surface area contributed by atoms with Crippen LogP contribution in [-0.2, 0) is 0 Å². The van der Waals surface area contributed by atoms with Gasteiger partial charge in [0.25, 0.3) is 11.9 Å². The number of hydrogen-bond acceptors (Lipinski definition) is 6. The van der Waals surface area contributed by atoms with Crippen molar-refractivity contribution in [2.45, 2.75) is 31.5 Å². The van der Waals surface area contributed by atoms with E-state index in [0.717, 1.165) is 45.1 Å². The van der Waals surface area contributed by atoms with Crippen molar-refractivity contribution >= 4 is 23.0 Å². The largest absolute Gasteiger partial charge is 0.423 e. The van der Waals surface area contributed by atoms with E-state index in [1.807, 2.05) is 24.3 Å². The van der Waals surface area contributed by atoms with Gasteiger partial charge in [-0.1, -0.05) is 36.4 Å². The maximum Gasteiger partial charge on any atom is 0.299 e. The van der Waals surface area contributed by atoms with Gasteiger partial charge in [-0.05, 0) is 49.9 Å². The second kappa shape index (κ2) is 8.47. The topological polar surface area (TPSA) is 64.8 Å². The molecular formula is C26H31N5O2. The lowest BCUT2D eigenvalue weighted by Gasteiger charge is -2.45. The van der Waals surface area contributed by atoms with Gasteiger partial charge in [-0.15, -0.1) is 0 Å². The van der Waals surface area contributed by atoms with E-state index in [1.165, 1.54) is 18.4 Å². The first kappa shape index (κ1) is 20.7. The van der Waals surface area contributed by atoms with Crippen molar-refractivity contribution in [3.05, 3.63) is 59.7 Å². The van der Waals surface area contributed by atoms with Crippen molar-refractivity contribution in [1.82, 2.24) is 20.1 Å². The molecule has 1 N–H and O–H groups in total. The third kappa shape index (κ3) is 3.89. The SMILES string of the molecule is CN1CCN(c2nc3c(C(=O)N[C@@H]4CC5CCN4CC5)cccc3o2)C(c2ccccc2)C1. The molecule has 7 nitrogen and oxygen atoms in total. The zero-order chi connectivity index (χ0) is 22.4. The number of para-hydroxylation sites is 1. The number of piperazine rings is 1. The van der Waals surface area contributed by atoms with Gasteiger partial charge in [0, 0.05) is 32.7 Å². The number of nitrogens with zero attached hydrogens (tertiary/aromatic N) is 4. The maximum absolute atomic E-state index is 13.3. The van der Waals surface area contributed by atoms with Crippen LogP contribution in [0.15, 0.2) is 52.9 Å². The Morgan fingerprint density at radius 2 is 1.85 bits per heavy atom. The first-order chi connectivity index (χ1) is 16.2. The second-order valence-corrected chi connectivity index (χ2v) is 9.74. The van der Waals surface area contributed by atoms with E-state index in [9.17, 15) is 4.79 Å². The number of aromatic nitrogens is 1. The van der Waals surface area contributed by atoms with Gasteiger partial charge < -0.3 is 19.5 Å². The number of likely N-dealkylation sites (N-methyl/N-ethyl adjacent to an activating group) is 1. The highest BCUT2D eigenvalue weighted by Gasteiger charge is 2.35. The van der Waals surface area contributed by atoms with Gasteiger partial charge in [-0.3, -0.25) is 9.69 Å². The highest BCUT2D eigenvalue weighted by Crippen LogP contribution is 2.34. The number of rotatable bonds is 4. The van der Waals surface area contributed by atoms with Gasteiger partial charge in [0.1, 0.15) is 5.52 Å². The summed E-state index contributed by atoms with van der Waals surface area (Å²) in [6.07, 6.45) is 3.68. The fourth-order valence-corrected chi connectivity index (χ4v) is 5.70. The Morgan fingerprint density at radius 3 is 2.61 bits per heavy atom. The summed E-state index contributed by atoms with van der Waals surface area (Å²) in [4.78, 5) is 25.1. The first-order valence-electron chi connectivity index (χ1n) is 12.1. The summed E-state index contributed by atoms with van der Waals surface area (Å²) in [5.74, 6) is 0.679. The van der Waals surface area contributed by atoms with Gasteiger partial charge in [0.2, 0.25) is 0 Å². The molecule has 1 unspecified atom stereocenters. The van der Waals surface area contributed by atoms with Crippen LogP contribution in [0.2, 0.25) is 0 Å². The summed E-state index contributed by atoms with van der Waals surface area (Å²) in [7, 11) is 2.15. The number of benzene rings is 2. The minimum Gasteiger partial charge on any atom is -0.423 e. The number of carbonyl (C=O) groups excluding carboxylic acids is 1. The lowest BCUT2D eigenvalue weighted by atomic mass is 9.86. The summed E-state index contributed by atoms with van der Waals surface area (Å²) >= 11 is 0. The van der Waals surface area contributed by atoms with Crippen LogP contribution in [0, 0.1) is 5.92 Å². The Kier molecular flexibility index (Phi) is 5.31. The zero-order valence-corrected chi connectivity index (χ0v) is 19.1. The molecule has 4 aliphatic heterocycles. The highest BCUT2D eigenvalue weighted by atomic mass is 16.4. The molecule has 33 heavy (non-hydrogen) atoms. The van der Waals surface area contributed by atoms with E-state index in [2.05, 4.69) is 51.3 Å². The number of anilines is 1. The molecule has 2 aromatic carbocycles. The van der Waals surface area contributed by atoms with E-state index in [0.29, 0.717) is 22.7 Å². The van der Waals surface area contributed by atoms with Crippen molar-refractivity contribution < 1.29 is 9.21 Å². The molecule has 5 heterocycles. The molecule has 0 spiro atoms. The van der Waals surface area contributed by atoms with Crippen LogP contribution >= 0.6 is 0 Å². The third-order valence-corrected chi connectivity index (χ3v) is 7.61. The minimum atomic E-state index is -0.0593. The number of carbonyl (C=O) groups is 1. The number of nitrogens with one attached hydrogen (secondary N) is 1. The average Bonchev–Trinajstić information content (AvgIpc) is 3.29. The van der Waals surface area contributed by atoms with E-state index < -0.39 is 0 Å². The second-order valence-electron chi connectivity index (χ2n) is 9.74. The van der Waals surface area contributed by atoms with Gasteiger partial charge in [0.05, 0.1) is 17.8 Å². The van der Waals surface area contributed by atoms with E-state index in [4.69, 9.17) is 9.40 Å². The average molecular weight is 446 g/mol. The van der Waals surface area contributed by atoms with E-state index >= 15 is 0 Å². The molecule has 1 aromatic heterocycles. The Bertz CT molecular complexity index is 1140. The summed E-state index contributed by atoms with van der Waals surface area (Å²) in [5, 5.41) is 3.27. The molecule has 4 aliphatic rings. The normalized spacial score (nSPS) is 27.7. The molecule has 2 atom stereocenters. The Balaban J connectivity index is 1.29. The van der Waals surface area contributed by atoms with Gasteiger partial charge in [-0.2, -0.15) is 4.98 Å². The van der Waals surface area contributed by atoms with Crippen molar-refractivity contribution in [2.24, 2.45) is 5.92 Å². The maximum atomic E-state index is 13.3. The number of fused-ring (bicyclic) bond motifs is 4. The lowest BCUT2D eigenvalue weighted by Crippen LogP contribution is -2.56. The first-order valence-corrected chi connectivity index (χ1v) is 12.1. The van der Waals surface area contributed by atoms with Gasteiger partial charge in [-0.25, -0.2) is 0 Å². The summed E-state index contributed by atoms with van der Waals surface area (Å²) < 4.78 is 6.23. The Morgan fingerprint density at radius 1 is 1.03 bits per heavy atom. The molecule has 0 aliphatic carbocycles. The Hall–Kier alpha value is -2.90. The molecule has 172 valence electrons. The fourth-order valence-electron chi connectivity index (χ4n) is 5.70. The van der Waals surface area contributed by atoms with Crippen LogP contribution in [0.1, 0.15) is 41.2 Å². The molecule has 3 aromatic rings. The molecule has 4 fully saturated rings. The standard InChI is InChI=1S/C26H31N5O2/c1-29-14-15-31(21(17-29)19-6-3-2-4-7-19)26-28-24-20(8-5-9-22(24)33-26)25(32)27-23-16-18-10-12-30(23)13-11-18/h2-9,18,21,23H,10-17H2,1H3,(H,27,32)/t21?,23-/m0/s1. The van der Waals surface area contributed by atoms with Crippen LogP contribution < -0.4 is 10.2 Å². The quantitative estimate of drug-likeness (QED) is 0.663. The predicted octanol–water partition coefficient (Wildman–Crippen LogP) is 3.49. The molecule has 7 heteroatoms. The van der Waals surface area contributed by atoms with Crippen LogP contribution in [0.5, 0.6) is 0 Å². The van der Waals surface area contributed by atoms with Crippen LogP contribution in [0.25, 0.3) is 11.1 Å². The molecule has 7 rings (SSSR count). The number of amides is 1. The zero-order valence-electron chi connectivity index (χ0n) is 19.1. The number of piperidine rings is 3. The minimum absolute atomic E-state index is 0.0593. The van der Waals surface area contributed by atoms with Gasteiger partial charge in [0.15, 0.2) is 5.58 Å². The van der Waals surface area contributed by atoms with Crippen molar-refractivity contribution in [1.29, 1.82) is 0 Å². The lowest BCUT2D eigenvalue weighted by molar-refractivity contribution is 0.0295. The molecule has 0 saturated carbocycles. The number of hydrogen-bond donors (Lipinski definition) is 1. The third-order valence-electron chi connectivity index (χ3n) is 7.61. The monoisotopic (exact) mass is 445 g/mol. The molecule has 1 amide bonds. The molecule has 2 bridgehead atoms.